The number of rotatable bonds is 7. The summed E-state index contributed by atoms with van der Waals surface area (Å²) in [6.07, 6.45) is 2.18. The molecule has 0 spiro atoms. The third kappa shape index (κ3) is 4.90. The van der Waals surface area contributed by atoms with Crippen molar-refractivity contribution in [3.8, 4) is 17.4 Å². The van der Waals surface area contributed by atoms with Crippen molar-refractivity contribution in [1.29, 1.82) is 5.26 Å². The van der Waals surface area contributed by atoms with E-state index < -0.39 is 0 Å². The summed E-state index contributed by atoms with van der Waals surface area (Å²) in [7, 11) is 0. The number of nitrogens with one attached hydrogen (secondary N) is 1. The lowest BCUT2D eigenvalue weighted by Gasteiger charge is -2.10. The van der Waals surface area contributed by atoms with Gasteiger partial charge in [-0.15, -0.1) is 0 Å². The number of carbonyl (C=O) groups excluding carboxylic acids is 1. The second kappa shape index (κ2) is 9.27. The highest BCUT2D eigenvalue weighted by Crippen LogP contribution is 2.24. The normalized spacial score (nSPS) is 10.5. The van der Waals surface area contributed by atoms with Gasteiger partial charge in [-0.05, 0) is 78.7 Å². The highest BCUT2D eigenvalue weighted by molar-refractivity contribution is 5.98. The van der Waals surface area contributed by atoms with E-state index in [1.165, 1.54) is 24.3 Å². The quantitative estimate of drug-likeness (QED) is 0.393. The van der Waals surface area contributed by atoms with Gasteiger partial charge in [-0.25, -0.2) is 9.37 Å². The minimum atomic E-state index is -0.369. The molecule has 0 amide bonds. The van der Waals surface area contributed by atoms with Crippen LogP contribution in [-0.2, 0) is 6.42 Å². The van der Waals surface area contributed by atoms with Crippen molar-refractivity contribution in [2.45, 2.75) is 13.3 Å². The summed E-state index contributed by atoms with van der Waals surface area (Å²) >= 11 is 0. The van der Waals surface area contributed by atoms with Crippen molar-refractivity contribution in [2.75, 3.05) is 11.9 Å². The molecule has 0 saturated carbocycles. The highest BCUT2D eigenvalue weighted by Gasteiger charge is 2.11. The first kappa shape index (κ1) is 21.0. The van der Waals surface area contributed by atoms with Gasteiger partial charge in [-0.3, -0.25) is 4.79 Å². The molecule has 0 aliphatic heterocycles. The van der Waals surface area contributed by atoms with Crippen molar-refractivity contribution in [2.24, 2.45) is 0 Å². The molecule has 158 valence electrons. The number of nitriles is 1. The first-order chi connectivity index (χ1) is 15.5. The van der Waals surface area contributed by atoms with Crippen LogP contribution in [0.5, 0.6) is 0 Å². The summed E-state index contributed by atoms with van der Waals surface area (Å²) in [5.41, 5.74) is 4.82. The van der Waals surface area contributed by atoms with Crippen molar-refractivity contribution in [1.82, 2.24) is 4.98 Å². The van der Waals surface area contributed by atoms with Gasteiger partial charge < -0.3 is 9.73 Å². The molecular formula is C26H20FN3O2. The standard InChI is InChI=1S/C26H20FN3O2/c1-17-2-11-23(29-15-24(31)19-7-9-22(27)10-8-19)12-21(17)13-26-30-16-25(32-26)20-5-3-18(14-28)4-6-20/h2-12,16,29H,13,15H2,1H3. The zero-order chi connectivity index (χ0) is 22.5. The predicted molar refractivity (Wildman–Crippen MR) is 120 cm³/mol. The van der Waals surface area contributed by atoms with Crippen molar-refractivity contribution in [3.63, 3.8) is 0 Å². The number of Topliss-reactive ketones (excluding diaryl/α,β-unsaturated/α-hetero) is 1. The van der Waals surface area contributed by atoms with Gasteiger partial charge >= 0.3 is 0 Å². The van der Waals surface area contributed by atoms with E-state index in [9.17, 15) is 9.18 Å². The van der Waals surface area contributed by atoms with Crippen LogP contribution < -0.4 is 5.32 Å². The lowest BCUT2D eigenvalue weighted by Crippen LogP contribution is -2.14. The van der Waals surface area contributed by atoms with Gasteiger partial charge in [0.05, 0.1) is 24.4 Å². The lowest BCUT2D eigenvalue weighted by atomic mass is 10.0. The maximum absolute atomic E-state index is 13.0. The summed E-state index contributed by atoms with van der Waals surface area (Å²) in [5, 5.41) is 12.1. The molecule has 0 bridgehead atoms. The van der Waals surface area contributed by atoms with Gasteiger partial charge in [-0.1, -0.05) is 6.07 Å². The third-order valence-electron chi connectivity index (χ3n) is 5.16. The van der Waals surface area contributed by atoms with Gasteiger partial charge in [0.25, 0.3) is 0 Å². The summed E-state index contributed by atoms with van der Waals surface area (Å²) in [4.78, 5) is 16.7. The average Bonchev–Trinajstić information content (AvgIpc) is 3.28. The van der Waals surface area contributed by atoms with E-state index in [1.807, 2.05) is 37.3 Å². The summed E-state index contributed by atoms with van der Waals surface area (Å²) in [6, 6.07) is 20.6. The number of hydrogen-bond donors (Lipinski definition) is 1. The second-order valence-corrected chi connectivity index (χ2v) is 7.41. The molecule has 0 atom stereocenters. The fourth-order valence-electron chi connectivity index (χ4n) is 3.29. The Morgan fingerprint density at radius 2 is 1.84 bits per heavy atom. The molecule has 0 aliphatic carbocycles. The number of halogens is 1. The van der Waals surface area contributed by atoms with Gasteiger partial charge in [-0.2, -0.15) is 5.26 Å². The maximum atomic E-state index is 13.0. The molecule has 1 N–H and O–H groups in total. The van der Waals surface area contributed by atoms with Crippen LogP contribution in [0.25, 0.3) is 11.3 Å². The largest absolute Gasteiger partial charge is 0.440 e. The zero-order valence-corrected chi connectivity index (χ0v) is 17.4. The van der Waals surface area contributed by atoms with E-state index in [1.54, 1.807) is 18.3 Å². The van der Waals surface area contributed by atoms with Crippen molar-refractivity contribution < 1.29 is 13.6 Å². The Labute approximate surface area is 185 Å². The predicted octanol–water partition coefficient (Wildman–Crippen LogP) is 5.55. The number of nitrogens with zero attached hydrogens (tertiary/aromatic N) is 2. The molecule has 6 heteroatoms. The summed E-state index contributed by atoms with van der Waals surface area (Å²) in [5.74, 6) is 0.728. The van der Waals surface area contributed by atoms with Crippen molar-refractivity contribution in [3.05, 3.63) is 107 Å². The average molecular weight is 425 g/mol. The Kier molecular flexibility index (Phi) is 6.09. The van der Waals surface area contributed by atoms with Gasteiger partial charge in [0.15, 0.2) is 17.4 Å². The molecule has 0 radical (unpaired) electrons. The number of aryl methyl sites for hydroxylation is 1. The van der Waals surface area contributed by atoms with Crippen LogP contribution in [0.15, 0.2) is 77.3 Å². The smallest absolute Gasteiger partial charge is 0.199 e. The first-order valence-corrected chi connectivity index (χ1v) is 10.1. The molecule has 0 aliphatic rings. The van der Waals surface area contributed by atoms with Crippen LogP contribution in [0, 0.1) is 24.1 Å². The molecule has 1 aromatic heterocycles. The molecule has 0 unspecified atom stereocenters. The molecular weight excluding hydrogens is 405 g/mol. The molecule has 1 heterocycles. The maximum Gasteiger partial charge on any atom is 0.199 e. The molecule has 5 nitrogen and oxygen atoms in total. The Morgan fingerprint density at radius 3 is 2.56 bits per heavy atom. The number of anilines is 1. The Balaban J connectivity index is 1.44. The first-order valence-electron chi connectivity index (χ1n) is 10.1. The number of hydrogen-bond acceptors (Lipinski definition) is 5. The fourth-order valence-corrected chi connectivity index (χ4v) is 3.29. The molecule has 4 rings (SSSR count). The van der Waals surface area contributed by atoms with E-state index in [0.717, 1.165) is 22.4 Å². The number of oxazole rings is 1. The number of aromatic nitrogens is 1. The Hall–Kier alpha value is -4.24. The van der Waals surface area contributed by atoms with E-state index in [-0.39, 0.29) is 18.1 Å². The van der Waals surface area contributed by atoms with Crippen molar-refractivity contribution >= 4 is 11.5 Å². The Morgan fingerprint density at radius 1 is 1.09 bits per heavy atom. The van der Waals surface area contributed by atoms with E-state index in [2.05, 4.69) is 16.4 Å². The van der Waals surface area contributed by atoms with Gasteiger partial charge in [0.2, 0.25) is 0 Å². The minimum absolute atomic E-state index is 0.107. The number of ketones is 1. The van der Waals surface area contributed by atoms with Crippen LogP contribution >= 0.6 is 0 Å². The zero-order valence-electron chi connectivity index (χ0n) is 17.4. The van der Waals surface area contributed by atoms with E-state index in [0.29, 0.717) is 29.2 Å². The van der Waals surface area contributed by atoms with Gasteiger partial charge in [0, 0.05) is 23.2 Å². The van der Waals surface area contributed by atoms with Crippen LogP contribution in [-0.4, -0.2) is 17.3 Å². The van der Waals surface area contributed by atoms with Crippen LogP contribution in [0.2, 0.25) is 0 Å². The molecule has 0 saturated heterocycles. The molecule has 32 heavy (non-hydrogen) atoms. The fraction of sp³-hybridized carbons (Fsp3) is 0.115. The van der Waals surface area contributed by atoms with Crippen LogP contribution in [0.3, 0.4) is 0 Å². The molecule has 4 aromatic rings. The molecule has 3 aromatic carbocycles. The SMILES string of the molecule is Cc1ccc(NCC(=O)c2ccc(F)cc2)cc1Cc1ncc(-c2ccc(C#N)cc2)o1. The molecule has 0 fully saturated rings. The number of benzene rings is 3. The van der Waals surface area contributed by atoms with Crippen LogP contribution in [0.1, 0.15) is 32.9 Å². The van der Waals surface area contributed by atoms with E-state index in [4.69, 9.17) is 9.68 Å². The highest BCUT2D eigenvalue weighted by atomic mass is 19.1. The third-order valence-corrected chi connectivity index (χ3v) is 5.16. The van der Waals surface area contributed by atoms with E-state index >= 15 is 0 Å². The monoisotopic (exact) mass is 425 g/mol. The topological polar surface area (TPSA) is 78.9 Å². The minimum Gasteiger partial charge on any atom is -0.440 e. The van der Waals surface area contributed by atoms with Crippen LogP contribution in [0.4, 0.5) is 10.1 Å². The lowest BCUT2D eigenvalue weighted by molar-refractivity contribution is 0.101. The number of carbonyl (C=O) groups is 1. The summed E-state index contributed by atoms with van der Waals surface area (Å²) < 4.78 is 18.9. The summed E-state index contributed by atoms with van der Waals surface area (Å²) in [6.45, 7) is 2.11. The van der Waals surface area contributed by atoms with Gasteiger partial charge in [0.1, 0.15) is 5.82 Å². The second-order valence-electron chi connectivity index (χ2n) is 7.41. The Bertz CT molecular complexity index is 1290.